The Morgan fingerprint density at radius 1 is 1.00 bits per heavy atom. The van der Waals surface area contributed by atoms with Crippen LogP contribution in [0, 0.1) is 0 Å². The van der Waals surface area contributed by atoms with Crippen molar-refractivity contribution in [2.75, 3.05) is 19.0 Å². The van der Waals surface area contributed by atoms with E-state index in [4.69, 9.17) is 8.85 Å². The second-order valence-electron chi connectivity index (χ2n) is 4.64. The van der Waals surface area contributed by atoms with Gasteiger partial charge < -0.3 is 8.85 Å². The third-order valence-corrected chi connectivity index (χ3v) is 6.84. The first kappa shape index (κ1) is 16.8. The average molecular weight is 299 g/mol. The first-order valence-electron chi connectivity index (χ1n) is 7.23. The molecule has 0 saturated carbocycles. The Labute approximate surface area is 124 Å². The highest BCUT2D eigenvalue weighted by Crippen LogP contribution is 2.18. The van der Waals surface area contributed by atoms with Crippen LogP contribution < -0.4 is 5.19 Å². The van der Waals surface area contributed by atoms with E-state index in [2.05, 4.69) is 50.7 Å². The summed E-state index contributed by atoms with van der Waals surface area (Å²) < 4.78 is 12.5. The summed E-state index contributed by atoms with van der Waals surface area (Å²) in [5.41, 5.74) is 0. The molecule has 0 unspecified atom stereocenters. The van der Waals surface area contributed by atoms with Crippen molar-refractivity contribution >= 4 is 26.4 Å². The van der Waals surface area contributed by atoms with Crippen molar-refractivity contribution in [3.05, 3.63) is 30.3 Å². The lowest BCUT2D eigenvalue weighted by atomic mass is 10.4. The van der Waals surface area contributed by atoms with Gasteiger partial charge >= 0.3 is 8.56 Å². The summed E-state index contributed by atoms with van der Waals surface area (Å²) >= 11 is 4.34. The van der Waals surface area contributed by atoms with Crippen molar-refractivity contribution in [3.63, 3.8) is 0 Å². The molecule has 1 aromatic carbocycles. The molecule has 0 fully saturated rings. The molecule has 0 heterocycles. The fourth-order valence-electron chi connectivity index (χ4n) is 2.03. The van der Waals surface area contributed by atoms with E-state index in [-0.39, 0.29) is 0 Å². The molecule has 1 rings (SSSR count). The van der Waals surface area contributed by atoms with Crippen LogP contribution in [0.4, 0.5) is 0 Å². The van der Waals surface area contributed by atoms with Crippen LogP contribution in [0.3, 0.4) is 0 Å². The van der Waals surface area contributed by atoms with Crippen LogP contribution in [0.2, 0.25) is 6.04 Å². The molecule has 0 spiro atoms. The van der Waals surface area contributed by atoms with Gasteiger partial charge in [0.25, 0.3) is 0 Å². The Kier molecular flexibility index (Phi) is 8.46. The van der Waals surface area contributed by atoms with Gasteiger partial charge in [-0.3, -0.25) is 0 Å². The second-order valence-corrected chi connectivity index (χ2v) is 8.25. The SMILES string of the molecule is CCCO[Si](CCCS)(OCCC)c1ccccc1. The summed E-state index contributed by atoms with van der Waals surface area (Å²) in [6, 6.07) is 11.5. The summed E-state index contributed by atoms with van der Waals surface area (Å²) in [7, 11) is -2.28. The zero-order valence-corrected chi connectivity index (χ0v) is 14.0. The predicted molar refractivity (Wildman–Crippen MR) is 87.6 cm³/mol. The van der Waals surface area contributed by atoms with Gasteiger partial charge in [-0.15, -0.1) is 0 Å². The number of rotatable bonds is 10. The quantitative estimate of drug-likeness (QED) is 0.526. The van der Waals surface area contributed by atoms with Crippen molar-refractivity contribution < 1.29 is 8.85 Å². The van der Waals surface area contributed by atoms with E-state index >= 15 is 0 Å². The van der Waals surface area contributed by atoms with Gasteiger partial charge in [-0.25, -0.2) is 0 Å². The van der Waals surface area contributed by atoms with Gasteiger partial charge in [-0.1, -0.05) is 44.2 Å². The lowest BCUT2D eigenvalue weighted by Crippen LogP contribution is -2.54. The third-order valence-electron chi connectivity index (χ3n) is 2.96. The molecule has 0 saturated heterocycles. The molecular weight excluding hydrogens is 272 g/mol. The Hall–Kier alpha value is -0.293. The van der Waals surface area contributed by atoms with Gasteiger partial charge in [-0.2, -0.15) is 12.6 Å². The molecule has 0 bridgehead atoms. The highest BCUT2D eigenvalue weighted by Gasteiger charge is 2.39. The highest BCUT2D eigenvalue weighted by atomic mass is 32.1. The van der Waals surface area contributed by atoms with E-state index in [1.54, 1.807) is 0 Å². The molecule has 0 aliphatic rings. The van der Waals surface area contributed by atoms with Crippen LogP contribution in [0.5, 0.6) is 0 Å². The van der Waals surface area contributed by atoms with E-state index in [9.17, 15) is 0 Å². The van der Waals surface area contributed by atoms with Crippen molar-refractivity contribution in [1.29, 1.82) is 0 Å². The van der Waals surface area contributed by atoms with Gasteiger partial charge in [0, 0.05) is 13.2 Å². The van der Waals surface area contributed by atoms with Crippen LogP contribution in [0.15, 0.2) is 30.3 Å². The normalized spacial score (nSPS) is 11.7. The molecule has 2 nitrogen and oxygen atoms in total. The van der Waals surface area contributed by atoms with Crippen LogP contribution >= 0.6 is 12.6 Å². The minimum atomic E-state index is -2.28. The van der Waals surface area contributed by atoms with Gasteiger partial charge in [0.05, 0.1) is 0 Å². The van der Waals surface area contributed by atoms with Gasteiger partial charge in [0.15, 0.2) is 0 Å². The van der Waals surface area contributed by atoms with Gasteiger partial charge in [0.1, 0.15) is 0 Å². The number of thiol groups is 1. The molecule has 1 aromatic rings. The zero-order chi connectivity index (χ0) is 14.0. The van der Waals surface area contributed by atoms with Crippen LogP contribution in [-0.4, -0.2) is 27.5 Å². The first-order chi connectivity index (χ1) is 9.29. The summed E-state index contributed by atoms with van der Waals surface area (Å²) in [5.74, 6) is 0.882. The molecule has 0 aliphatic heterocycles. The van der Waals surface area contributed by atoms with E-state index in [1.807, 2.05) is 6.07 Å². The molecule has 0 aliphatic carbocycles. The monoisotopic (exact) mass is 298 g/mol. The Bertz CT molecular complexity index is 310. The van der Waals surface area contributed by atoms with Crippen molar-refractivity contribution in [2.45, 2.75) is 39.2 Å². The van der Waals surface area contributed by atoms with Crippen molar-refractivity contribution in [3.8, 4) is 0 Å². The van der Waals surface area contributed by atoms with E-state index in [0.717, 1.165) is 44.3 Å². The molecule has 0 amide bonds. The number of hydrogen-bond acceptors (Lipinski definition) is 3. The summed E-state index contributed by atoms with van der Waals surface area (Å²) in [6.45, 7) is 5.83. The Morgan fingerprint density at radius 2 is 1.58 bits per heavy atom. The first-order valence-corrected chi connectivity index (χ1v) is 9.89. The maximum atomic E-state index is 6.25. The molecule has 0 radical (unpaired) electrons. The van der Waals surface area contributed by atoms with E-state index < -0.39 is 8.56 Å². The lowest BCUT2D eigenvalue weighted by Gasteiger charge is -2.31. The van der Waals surface area contributed by atoms with Gasteiger partial charge in [0.2, 0.25) is 0 Å². The predicted octanol–water partition coefficient (Wildman–Crippen LogP) is 3.51. The molecular formula is C15H26O2SSi. The average Bonchev–Trinajstić information content (AvgIpc) is 2.48. The van der Waals surface area contributed by atoms with E-state index in [1.165, 1.54) is 5.19 Å². The largest absolute Gasteiger partial charge is 0.391 e. The van der Waals surface area contributed by atoms with Gasteiger partial charge in [-0.05, 0) is 36.2 Å². The van der Waals surface area contributed by atoms with Crippen LogP contribution in [-0.2, 0) is 8.85 Å². The smallest absolute Gasteiger partial charge is 0.372 e. The molecule has 108 valence electrons. The molecule has 0 atom stereocenters. The van der Waals surface area contributed by atoms with Crippen molar-refractivity contribution in [1.82, 2.24) is 0 Å². The lowest BCUT2D eigenvalue weighted by molar-refractivity contribution is 0.179. The summed E-state index contributed by atoms with van der Waals surface area (Å²) in [5, 5.41) is 1.25. The maximum Gasteiger partial charge on any atom is 0.372 e. The minimum absolute atomic E-state index is 0.775. The highest BCUT2D eigenvalue weighted by molar-refractivity contribution is 7.80. The third kappa shape index (κ3) is 5.30. The van der Waals surface area contributed by atoms with E-state index in [0.29, 0.717) is 0 Å². The van der Waals surface area contributed by atoms with Crippen LogP contribution in [0.1, 0.15) is 33.1 Å². The molecule has 0 aromatic heterocycles. The molecule has 19 heavy (non-hydrogen) atoms. The summed E-state index contributed by atoms with van der Waals surface area (Å²) in [4.78, 5) is 0. The fourth-order valence-corrected chi connectivity index (χ4v) is 5.89. The topological polar surface area (TPSA) is 18.5 Å². The summed E-state index contributed by atoms with van der Waals surface area (Å²) in [6.07, 6.45) is 3.09. The fraction of sp³-hybridized carbons (Fsp3) is 0.600. The second kappa shape index (κ2) is 9.59. The van der Waals surface area contributed by atoms with Crippen LogP contribution in [0.25, 0.3) is 0 Å². The minimum Gasteiger partial charge on any atom is -0.391 e. The Balaban J connectivity index is 2.94. The number of hydrogen-bond donors (Lipinski definition) is 1. The molecule has 4 heteroatoms. The number of benzene rings is 1. The molecule has 0 N–H and O–H groups in total. The van der Waals surface area contributed by atoms with Crippen molar-refractivity contribution in [2.24, 2.45) is 0 Å². The zero-order valence-electron chi connectivity index (χ0n) is 12.1. The standard InChI is InChI=1S/C15H26O2SSi/c1-3-11-16-19(14-8-13-18,17-12-4-2)15-9-6-5-7-10-15/h5-7,9-10,18H,3-4,8,11-14H2,1-2H3. The maximum absolute atomic E-state index is 6.25. The Morgan fingerprint density at radius 3 is 2.05 bits per heavy atom.